The van der Waals surface area contributed by atoms with Gasteiger partial charge in [-0.15, -0.1) is 29.6 Å². The number of anilines is 1. The number of alkyl halides is 3. The molecule has 0 saturated carbocycles. The van der Waals surface area contributed by atoms with Crippen LogP contribution in [0, 0.1) is 13.8 Å². The predicted molar refractivity (Wildman–Crippen MR) is 118 cm³/mol. The van der Waals surface area contributed by atoms with Crippen LogP contribution in [0.3, 0.4) is 0 Å². The first-order valence-electron chi connectivity index (χ1n) is 9.73. The van der Waals surface area contributed by atoms with Crippen molar-refractivity contribution in [2.45, 2.75) is 37.6 Å². The van der Waals surface area contributed by atoms with E-state index >= 15 is 0 Å². The van der Waals surface area contributed by atoms with E-state index < -0.39 is 6.36 Å². The van der Waals surface area contributed by atoms with Gasteiger partial charge in [-0.05, 0) is 49.9 Å². The third-order valence-electron chi connectivity index (χ3n) is 5.13. The number of halogens is 3. The second-order valence-corrected chi connectivity index (χ2v) is 9.51. The number of nitrogens with zero attached hydrogens (tertiary/aromatic N) is 3. The van der Waals surface area contributed by atoms with Gasteiger partial charge in [0.2, 0.25) is 0 Å². The number of amides is 1. The normalized spacial score (nSPS) is 17.1. The molecule has 1 saturated heterocycles. The number of fused-ring (bicyclic) bond motifs is 1. The second kappa shape index (κ2) is 8.75. The van der Waals surface area contributed by atoms with Crippen LogP contribution < -0.4 is 15.8 Å². The Balaban J connectivity index is 1.42. The van der Waals surface area contributed by atoms with Crippen LogP contribution in [0.15, 0.2) is 29.2 Å². The van der Waals surface area contributed by atoms with Crippen LogP contribution >= 0.6 is 23.3 Å². The number of hydrogen-bond donors (Lipinski definition) is 2. The molecule has 1 amide bonds. The molecule has 3 heterocycles. The lowest BCUT2D eigenvalue weighted by Gasteiger charge is -2.18. The van der Waals surface area contributed by atoms with Crippen molar-refractivity contribution in [2.24, 2.45) is 0 Å². The van der Waals surface area contributed by atoms with Crippen LogP contribution in [0.2, 0.25) is 0 Å². The molecule has 3 N–H and O–H groups in total. The van der Waals surface area contributed by atoms with Crippen LogP contribution in [0.1, 0.15) is 27.3 Å². The number of benzene rings is 1. The molecule has 12 heteroatoms. The minimum Gasteiger partial charge on any atom is -0.405 e. The summed E-state index contributed by atoms with van der Waals surface area (Å²) in [5.74, 6) is -0.539. The van der Waals surface area contributed by atoms with E-state index in [4.69, 9.17) is 5.73 Å². The summed E-state index contributed by atoms with van der Waals surface area (Å²) in [6, 6.07) is 5.83. The van der Waals surface area contributed by atoms with Gasteiger partial charge in [0.1, 0.15) is 15.5 Å². The van der Waals surface area contributed by atoms with Crippen molar-refractivity contribution in [1.82, 2.24) is 19.8 Å². The SMILES string of the molecule is Cc1nnc2sc(C(=O)NC3CCN(Sc4ccccc4OC(F)(F)F)C3)c(N)c2c1C. The summed E-state index contributed by atoms with van der Waals surface area (Å²) in [5.41, 5.74) is 8.28. The largest absolute Gasteiger partial charge is 0.573 e. The van der Waals surface area contributed by atoms with Crippen LogP contribution in [0.4, 0.5) is 18.9 Å². The first-order chi connectivity index (χ1) is 15.1. The van der Waals surface area contributed by atoms with Crippen molar-refractivity contribution < 1.29 is 22.7 Å². The van der Waals surface area contributed by atoms with E-state index in [0.29, 0.717) is 39.8 Å². The summed E-state index contributed by atoms with van der Waals surface area (Å²) < 4.78 is 44.0. The van der Waals surface area contributed by atoms with Crippen molar-refractivity contribution in [3.05, 3.63) is 40.4 Å². The molecular weight excluding hydrogens is 463 g/mol. The summed E-state index contributed by atoms with van der Waals surface area (Å²) in [6.07, 6.45) is -4.10. The van der Waals surface area contributed by atoms with Gasteiger partial charge >= 0.3 is 6.36 Å². The Bertz CT molecular complexity index is 1170. The minimum atomic E-state index is -4.76. The van der Waals surface area contributed by atoms with E-state index in [2.05, 4.69) is 20.3 Å². The number of carbonyl (C=O) groups excluding carboxylic acids is 1. The van der Waals surface area contributed by atoms with Gasteiger partial charge in [0.15, 0.2) is 0 Å². The molecule has 1 aliphatic rings. The maximum Gasteiger partial charge on any atom is 0.573 e. The fourth-order valence-corrected chi connectivity index (χ4v) is 5.53. The van der Waals surface area contributed by atoms with Gasteiger partial charge in [-0.2, -0.15) is 5.10 Å². The molecule has 7 nitrogen and oxygen atoms in total. The van der Waals surface area contributed by atoms with E-state index in [1.807, 2.05) is 18.2 Å². The van der Waals surface area contributed by atoms with Crippen LogP contribution in [0.25, 0.3) is 10.2 Å². The standard InChI is InChI=1S/C20H20F3N5O2S2/c1-10-11(2)26-27-19-15(10)16(24)17(31-19)18(29)25-12-7-8-28(9-12)32-14-6-4-3-5-13(14)30-20(21,22)23/h3-6,12H,7-9,24H2,1-2H3,(H,25,29). The van der Waals surface area contributed by atoms with Gasteiger partial charge in [-0.1, -0.05) is 12.1 Å². The van der Waals surface area contributed by atoms with Gasteiger partial charge < -0.3 is 15.8 Å². The molecule has 0 radical (unpaired) electrons. The molecular formula is C20H20F3N5O2S2. The Morgan fingerprint density at radius 3 is 2.81 bits per heavy atom. The van der Waals surface area contributed by atoms with Gasteiger partial charge in [-0.3, -0.25) is 4.79 Å². The topological polar surface area (TPSA) is 93.4 Å². The molecule has 32 heavy (non-hydrogen) atoms. The second-order valence-electron chi connectivity index (χ2n) is 7.37. The van der Waals surface area contributed by atoms with Crippen molar-refractivity contribution in [3.8, 4) is 5.75 Å². The van der Waals surface area contributed by atoms with Crippen molar-refractivity contribution >= 4 is 45.1 Å². The number of nitrogen functional groups attached to an aromatic ring is 1. The number of aromatic nitrogens is 2. The zero-order chi connectivity index (χ0) is 23.0. The summed E-state index contributed by atoms with van der Waals surface area (Å²) in [7, 11) is 0. The molecule has 1 atom stereocenters. The first kappa shape index (κ1) is 22.6. The number of nitrogens with two attached hydrogens (primary N) is 1. The molecule has 1 unspecified atom stereocenters. The molecule has 1 aliphatic heterocycles. The van der Waals surface area contributed by atoms with Crippen molar-refractivity contribution in [2.75, 3.05) is 18.8 Å². The molecule has 4 rings (SSSR count). The molecule has 1 fully saturated rings. The molecule has 3 aromatic rings. The maximum atomic E-state index is 12.9. The maximum absolute atomic E-state index is 12.9. The number of nitrogens with one attached hydrogen (secondary N) is 1. The highest BCUT2D eigenvalue weighted by Crippen LogP contribution is 2.37. The number of para-hydroxylation sites is 1. The number of aryl methyl sites for hydroxylation is 2. The summed E-state index contributed by atoms with van der Waals surface area (Å²) >= 11 is 2.37. The molecule has 2 aromatic heterocycles. The van der Waals surface area contributed by atoms with Gasteiger partial charge in [0, 0.05) is 24.5 Å². The number of ether oxygens (including phenoxy) is 1. The smallest absolute Gasteiger partial charge is 0.405 e. The van der Waals surface area contributed by atoms with Gasteiger partial charge in [0.25, 0.3) is 5.91 Å². The third kappa shape index (κ3) is 4.76. The highest BCUT2D eigenvalue weighted by molar-refractivity contribution is 7.97. The Kier molecular flexibility index (Phi) is 6.19. The zero-order valence-corrected chi connectivity index (χ0v) is 18.8. The highest BCUT2D eigenvalue weighted by Gasteiger charge is 2.33. The summed E-state index contributed by atoms with van der Waals surface area (Å²) in [6.45, 7) is 4.80. The molecule has 0 bridgehead atoms. The predicted octanol–water partition coefficient (Wildman–Crippen LogP) is 4.30. The molecule has 0 spiro atoms. The zero-order valence-electron chi connectivity index (χ0n) is 17.2. The Morgan fingerprint density at radius 2 is 2.06 bits per heavy atom. The van der Waals surface area contributed by atoms with E-state index in [9.17, 15) is 18.0 Å². The third-order valence-corrected chi connectivity index (χ3v) is 7.34. The molecule has 0 aliphatic carbocycles. The minimum absolute atomic E-state index is 0.163. The van der Waals surface area contributed by atoms with Crippen LogP contribution in [-0.4, -0.2) is 45.9 Å². The van der Waals surface area contributed by atoms with E-state index in [-0.39, 0.29) is 17.7 Å². The number of carbonyl (C=O) groups is 1. The van der Waals surface area contributed by atoms with E-state index in [0.717, 1.165) is 16.6 Å². The first-order valence-corrected chi connectivity index (χ1v) is 11.3. The lowest BCUT2D eigenvalue weighted by molar-refractivity contribution is -0.275. The van der Waals surface area contributed by atoms with Crippen LogP contribution in [0.5, 0.6) is 5.75 Å². The fourth-order valence-electron chi connectivity index (χ4n) is 3.46. The van der Waals surface area contributed by atoms with Crippen molar-refractivity contribution in [1.29, 1.82) is 0 Å². The number of thiophene rings is 1. The van der Waals surface area contributed by atoms with Crippen LogP contribution in [-0.2, 0) is 0 Å². The Hall–Kier alpha value is -2.57. The van der Waals surface area contributed by atoms with Gasteiger partial charge in [0.05, 0.1) is 16.3 Å². The van der Waals surface area contributed by atoms with E-state index in [1.54, 1.807) is 12.1 Å². The van der Waals surface area contributed by atoms with E-state index in [1.165, 1.54) is 35.4 Å². The molecule has 170 valence electrons. The van der Waals surface area contributed by atoms with Gasteiger partial charge in [-0.25, -0.2) is 4.31 Å². The average molecular weight is 484 g/mol. The monoisotopic (exact) mass is 483 g/mol. The molecule has 1 aromatic carbocycles. The number of rotatable bonds is 5. The summed E-state index contributed by atoms with van der Waals surface area (Å²) in [5, 5.41) is 11.9. The number of hydrogen-bond acceptors (Lipinski definition) is 8. The lowest BCUT2D eigenvalue weighted by atomic mass is 10.1. The van der Waals surface area contributed by atoms with Crippen molar-refractivity contribution in [3.63, 3.8) is 0 Å². The lowest BCUT2D eigenvalue weighted by Crippen LogP contribution is -2.36. The quantitative estimate of drug-likeness (QED) is 0.523. The average Bonchev–Trinajstić information content (AvgIpc) is 3.29. The highest BCUT2D eigenvalue weighted by atomic mass is 32.2. The Morgan fingerprint density at radius 1 is 1.31 bits per heavy atom. The summed E-state index contributed by atoms with van der Waals surface area (Å²) in [4.78, 5) is 14.2. The Labute approximate surface area is 190 Å². The fraction of sp³-hybridized carbons (Fsp3) is 0.350.